The summed E-state index contributed by atoms with van der Waals surface area (Å²) in [4.78, 5) is 28.6. The lowest BCUT2D eigenvalue weighted by Crippen LogP contribution is -2.49. The van der Waals surface area contributed by atoms with Crippen molar-refractivity contribution in [2.75, 3.05) is 31.1 Å². The number of ketones is 1. The summed E-state index contributed by atoms with van der Waals surface area (Å²) in [5.41, 5.74) is 1.30. The maximum atomic E-state index is 12.6. The van der Waals surface area contributed by atoms with Crippen LogP contribution in [0, 0.1) is 0 Å². The predicted octanol–water partition coefficient (Wildman–Crippen LogP) is 1.35. The quantitative estimate of drug-likeness (QED) is 0.659. The molecule has 1 amide bonds. The van der Waals surface area contributed by atoms with Crippen LogP contribution in [-0.2, 0) is 0 Å². The number of aromatic nitrogens is 4. The van der Waals surface area contributed by atoms with Crippen LogP contribution in [-0.4, -0.2) is 62.6 Å². The van der Waals surface area contributed by atoms with E-state index in [4.69, 9.17) is 0 Å². The Morgan fingerprint density at radius 3 is 2.68 bits per heavy atom. The normalized spacial score (nSPS) is 14.9. The Balaban J connectivity index is 1.43. The molecule has 0 aliphatic carbocycles. The van der Waals surface area contributed by atoms with Crippen molar-refractivity contribution >= 4 is 34.5 Å². The van der Waals surface area contributed by atoms with Crippen molar-refractivity contribution in [1.29, 1.82) is 0 Å². The number of hydrogen-bond acceptors (Lipinski definition) is 7. The number of carbonyl (C=O) groups excluding carboxylic acids is 2. The lowest BCUT2D eigenvalue weighted by Gasteiger charge is -2.35. The van der Waals surface area contributed by atoms with Gasteiger partial charge in [-0.05, 0) is 25.1 Å². The first-order valence-electron chi connectivity index (χ1n) is 7.92. The molecule has 4 heterocycles. The van der Waals surface area contributed by atoms with E-state index in [0.29, 0.717) is 42.3 Å². The van der Waals surface area contributed by atoms with Crippen molar-refractivity contribution in [3.63, 3.8) is 0 Å². The third-order valence-corrected chi connectivity index (χ3v) is 5.17. The van der Waals surface area contributed by atoms with Crippen LogP contribution in [0.4, 0.5) is 5.82 Å². The summed E-state index contributed by atoms with van der Waals surface area (Å²) in [6.45, 7) is 4.16. The third kappa shape index (κ3) is 2.98. The first kappa shape index (κ1) is 15.7. The second-order valence-corrected chi connectivity index (χ2v) is 6.77. The fourth-order valence-corrected chi connectivity index (χ4v) is 3.73. The van der Waals surface area contributed by atoms with Crippen molar-refractivity contribution in [2.45, 2.75) is 6.92 Å². The molecule has 8 nitrogen and oxygen atoms in total. The zero-order valence-electron chi connectivity index (χ0n) is 13.6. The molecule has 4 rings (SSSR count). The van der Waals surface area contributed by atoms with Gasteiger partial charge in [0.15, 0.2) is 11.4 Å². The number of nitrogens with zero attached hydrogens (tertiary/aromatic N) is 6. The maximum Gasteiger partial charge on any atom is 0.264 e. The Morgan fingerprint density at radius 1 is 1.16 bits per heavy atom. The molecule has 0 radical (unpaired) electrons. The molecular weight excluding hydrogens is 340 g/mol. The molecule has 25 heavy (non-hydrogen) atoms. The molecule has 3 aromatic heterocycles. The summed E-state index contributed by atoms with van der Waals surface area (Å²) in [7, 11) is 0. The number of amides is 1. The lowest BCUT2D eigenvalue weighted by molar-refractivity contribution is 0.0751. The summed E-state index contributed by atoms with van der Waals surface area (Å²) < 4.78 is 1.64. The molecular formula is C16H16N6O2S. The van der Waals surface area contributed by atoms with Gasteiger partial charge in [0, 0.05) is 37.1 Å². The van der Waals surface area contributed by atoms with Gasteiger partial charge in [0.2, 0.25) is 0 Å². The average molecular weight is 356 g/mol. The van der Waals surface area contributed by atoms with E-state index in [-0.39, 0.29) is 11.7 Å². The number of carbonyl (C=O) groups is 2. The highest BCUT2D eigenvalue weighted by Gasteiger charge is 2.24. The number of piperazine rings is 1. The molecule has 1 aliphatic rings. The first-order chi connectivity index (χ1) is 12.1. The van der Waals surface area contributed by atoms with E-state index in [1.807, 2.05) is 17.0 Å². The molecule has 0 aromatic carbocycles. The molecule has 0 unspecified atom stereocenters. The number of rotatable bonds is 3. The van der Waals surface area contributed by atoms with Crippen LogP contribution < -0.4 is 4.90 Å². The summed E-state index contributed by atoms with van der Waals surface area (Å²) in [5.74, 6) is 0.810. The second kappa shape index (κ2) is 6.25. The smallest absolute Gasteiger partial charge is 0.264 e. The van der Waals surface area contributed by atoms with E-state index in [9.17, 15) is 9.59 Å². The zero-order valence-corrected chi connectivity index (χ0v) is 14.4. The van der Waals surface area contributed by atoms with Gasteiger partial charge in [-0.2, -0.15) is 4.52 Å². The molecule has 0 saturated carbocycles. The number of anilines is 1. The number of Topliss-reactive ketones (excluding diaryl/α,β-unsaturated/α-hetero) is 1. The molecule has 3 aromatic rings. The van der Waals surface area contributed by atoms with E-state index >= 15 is 0 Å². The minimum atomic E-state index is -0.0180. The fourth-order valence-electron chi connectivity index (χ4n) is 2.81. The summed E-state index contributed by atoms with van der Waals surface area (Å²) in [6.07, 6.45) is 1.57. The number of hydrogen-bond donors (Lipinski definition) is 0. The Hall–Kier alpha value is -2.81. The van der Waals surface area contributed by atoms with Gasteiger partial charge in [-0.15, -0.1) is 26.6 Å². The van der Waals surface area contributed by atoms with E-state index in [2.05, 4.69) is 20.2 Å². The standard InChI is InChI=1S/C16H16N6O2S/c1-11(23)12-8-13(25-9-12)16(24)21-6-4-20(5-7-21)15-3-2-14-18-17-10-22(14)19-15/h2-3,8-10H,4-7H2,1H3. The van der Waals surface area contributed by atoms with Crippen LogP contribution >= 0.6 is 11.3 Å². The Morgan fingerprint density at radius 2 is 1.96 bits per heavy atom. The zero-order chi connectivity index (χ0) is 17.4. The summed E-state index contributed by atoms with van der Waals surface area (Å²) in [6, 6.07) is 5.48. The predicted molar refractivity (Wildman–Crippen MR) is 93.2 cm³/mol. The molecule has 1 saturated heterocycles. The Bertz CT molecular complexity index is 941. The second-order valence-electron chi connectivity index (χ2n) is 5.86. The molecule has 1 aliphatic heterocycles. The highest BCUT2D eigenvalue weighted by atomic mass is 32.1. The van der Waals surface area contributed by atoms with Crippen molar-refractivity contribution in [2.24, 2.45) is 0 Å². The minimum Gasteiger partial charge on any atom is -0.352 e. The molecule has 1 fully saturated rings. The minimum absolute atomic E-state index is 0.0145. The molecule has 9 heteroatoms. The van der Waals surface area contributed by atoms with Gasteiger partial charge in [-0.1, -0.05) is 0 Å². The van der Waals surface area contributed by atoms with Crippen molar-refractivity contribution in [3.8, 4) is 0 Å². The molecule has 0 atom stereocenters. The molecule has 0 bridgehead atoms. The van der Waals surface area contributed by atoms with E-state index in [1.165, 1.54) is 18.3 Å². The monoisotopic (exact) mass is 356 g/mol. The average Bonchev–Trinajstić information content (AvgIpc) is 3.30. The number of fused-ring (bicyclic) bond motifs is 1. The van der Waals surface area contributed by atoms with Crippen LogP contribution in [0.3, 0.4) is 0 Å². The summed E-state index contributed by atoms with van der Waals surface area (Å²) in [5, 5.41) is 14.0. The van der Waals surface area contributed by atoms with Gasteiger partial charge in [0.1, 0.15) is 12.1 Å². The first-order valence-corrected chi connectivity index (χ1v) is 8.80. The van der Waals surface area contributed by atoms with Crippen molar-refractivity contribution in [3.05, 3.63) is 40.3 Å². The molecule has 128 valence electrons. The number of thiophene rings is 1. The Labute approximate surface area is 147 Å². The van der Waals surface area contributed by atoms with Gasteiger partial charge in [-0.25, -0.2) is 0 Å². The maximum absolute atomic E-state index is 12.6. The van der Waals surface area contributed by atoms with Gasteiger partial charge in [0.05, 0.1) is 4.88 Å². The third-order valence-electron chi connectivity index (χ3n) is 4.26. The lowest BCUT2D eigenvalue weighted by atomic mass is 10.2. The van der Waals surface area contributed by atoms with Crippen LogP contribution in [0.25, 0.3) is 5.65 Å². The topological polar surface area (TPSA) is 83.7 Å². The SMILES string of the molecule is CC(=O)c1csc(C(=O)N2CCN(c3ccc4nncn4n3)CC2)c1. The van der Waals surface area contributed by atoms with Crippen molar-refractivity contribution in [1.82, 2.24) is 24.7 Å². The highest BCUT2D eigenvalue weighted by molar-refractivity contribution is 7.12. The van der Waals surface area contributed by atoms with E-state index in [1.54, 1.807) is 22.3 Å². The molecule has 0 spiro atoms. The molecule has 0 N–H and O–H groups in total. The van der Waals surface area contributed by atoms with Gasteiger partial charge >= 0.3 is 0 Å². The van der Waals surface area contributed by atoms with Gasteiger partial charge < -0.3 is 9.80 Å². The van der Waals surface area contributed by atoms with Crippen LogP contribution in [0.5, 0.6) is 0 Å². The Kier molecular flexibility index (Phi) is 3.92. The van der Waals surface area contributed by atoms with Gasteiger partial charge in [-0.3, -0.25) is 9.59 Å². The van der Waals surface area contributed by atoms with Crippen LogP contribution in [0.1, 0.15) is 27.0 Å². The van der Waals surface area contributed by atoms with Crippen molar-refractivity contribution < 1.29 is 9.59 Å². The van der Waals surface area contributed by atoms with Crippen LogP contribution in [0.15, 0.2) is 29.9 Å². The van der Waals surface area contributed by atoms with Gasteiger partial charge in [0.25, 0.3) is 5.91 Å². The highest BCUT2D eigenvalue weighted by Crippen LogP contribution is 2.20. The summed E-state index contributed by atoms with van der Waals surface area (Å²) >= 11 is 1.32. The van der Waals surface area contributed by atoms with E-state index in [0.717, 1.165) is 5.82 Å². The fraction of sp³-hybridized carbons (Fsp3) is 0.312. The largest absolute Gasteiger partial charge is 0.352 e. The van der Waals surface area contributed by atoms with E-state index < -0.39 is 0 Å². The van der Waals surface area contributed by atoms with Crippen LogP contribution in [0.2, 0.25) is 0 Å².